The molecule has 0 aliphatic carbocycles. The van der Waals surface area contributed by atoms with Gasteiger partial charge in [0.15, 0.2) is 0 Å². The number of carbonyl (C=O) groups is 1. The van der Waals surface area contributed by atoms with Crippen LogP contribution in [0.3, 0.4) is 0 Å². The van der Waals surface area contributed by atoms with Gasteiger partial charge >= 0.3 is 0 Å². The molecule has 9 nitrogen and oxygen atoms in total. The number of amides is 1. The molecule has 0 saturated carbocycles. The summed E-state index contributed by atoms with van der Waals surface area (Å²) >= 11 is 5.81. The van der Waals surface area contributed by atoms with Crippen molar-refractivity contribution in [2.24, 2.45) is 5.92 Å². The highest BCUT2D eigenvalue weighted by Crippen LogP contribution is 2.23. The second-order valence-corrected chi connectivity index (χ2v) is 11.9. The second kappa shape index (κ2) is 9.75. The van der Waals surface area contributed by atoms with Gasteiger partial charge in [0.2, 0.25) is 5.91 Å². The zero-order chi connectivity index (χ0) is 23.5. The first-order chi connectivity index (χ1) is 15.0. The van der Waals surface area contributed by atoms with E-state index in [4.69, 9.17) is 11.6 Å². The summed E-state index contributed by atoms with van der Waals surface area (Å²) in [5.41, 5.74) is 0.800. The highest BCUT2D eigenvalue weighted by atomic mass is 35.5. The molecule has 1 aliphatic rings. The van der Waals surface area contributed by atoms with Crippen molar-refractivity contribution >= 4 is 49.1 Å². The van der Waals surface area contributed by atoms with E-state index in [9.17, 15) is 21.6 Å². The van der Waals surface area contributed by atoms with E-state index in [0.717, 1.165) is 4.31 Å². The van der Waals surface area contributed by atoms with E-state index in [-0.39, 0.29) is 17.3 Å². The first-order valence-corrected chi connectivity index (χ1v) is 13.1. The molecule has 1 atom stereocenters. The molecule has 174 valence electrons. The van der Waals surface area contributed by atoms with Gasteiger partial charge in [-0.2, -0.15) is 17.0 Å². The van der Waals surface area contributed by atoms with Gasteiger partial charge in [-0.05, 0) is 61.4 Å². The number of carbonyl (C=O) groups excluding carboxylic acids is 1. The van der Waals surface area contributed by atoms with Crippen molar-refractivity contribution in [3.63, 3.8) is 0 Å². The zero-order valence-corrected chi connectivity index (χ0v) is 20.0. The fraction of sp³-hybridized carbons (Fsp3) is 0.350. The van der Waals surface area contributed by atoms with Crippen LogP contribution < -0.4 is 10.0 Å². The summed E-state index contributed by atoms with van der Waals surface area (Å²) in [5, 5.41) is 3.24. The Morgan fingerprint density at radius 1 is 1.00 bits per heavy atom. The van der Waals surface area contributed by atoms with Gasteiger partial charge in [-0.15, -0.1) is 0 Å². The largest absolute Gasteiger partial charge is 0.326 e. The highest BCUT2D eigenvalue weighted by Gasteiger charge is 2.33. The summed E-state index contributed by atoms with van der Waals surface area (Å²) < 4.78 is 54.7. The molecule has 1 fully saturated rings. The molecule has 12 heteroatoms. The monoisotopic (exact) mass is 500 g/mol. The number of benzene rings is 2. The number of piperidine rings is 1. The first-order valence-electron chi connectivity index (χ1n) is 9.86. The second-order valence-electron chi connectivity index (χ2n) is 7.61. The van der Waals surface area contributed by atoms with Crippen LogP contribution in [0.15, 0.2) is 53.4 Å². The topological polar surface area (TPSA) is 116 Å². The minimum atomic E-state index is -3.81. The maximum absolute atomic E-state index is 12.7. The van der Waals surface area contributed by atoms with Gasteiger partial charge in [0.05, 0.1) is 10.8 Å². The Morgan fingerprint density at radius 2 is 1.59 bits per heavy atom. The third kappa shape index (κ3) is 5.78. The Balaban J connectivity index is 1.65. The van der Waals surface area contributed by atoms with Crippen LogP contribution in [0.4, 0.5) is 11.4 Å². The van der Waals surface area contributed by atoms with E-state index in [1.165, 1.54) is 42.7 Å². The Bertz CT molecular complexity index is 1170. The SMILES string of the molecule is CN(C)S(=O)(=O)N1CCC[C@H](C(=O)Nc2ccc(S(=O)(=O)Nc3ccc(Cl)cc3)cc2)C1. The number of hydrogen-bond acceptors (Lipinski definition) is 5. The zero-order valence-electron chi connectivity index (χ0n) is 17.7. The summed E-state index contributed by atoms with van der Waals surface area (Å²) in [6.07, 6.45) is 1.15. The maximum atomic E-state index is 12.7. The molecule has 1 heterocycles. The Morgan fingerprint density at radius 3 is 2.19 bits per heavy atom. The minimum absolute atomic E-state index is 0.0337. The van der Waals surface area contributed by atoms with Crippen LogP contribution in [0.5, 0.6) is 0 Å². The lowest BCUT2D eigenvalue weighted by Crippen LogP contribution is -2.47. The lowest BCUT2D eigenvalue weighted by atomic mass is 9.99. The molecule has 0 bridgehead atoms. The number of nitrogens with zero attached hydrogens (tertiary/aromatic N) is 2. The van der Waals surface area contributed by atoms with Gasteiger partial charge in [0.25, 0.3) is 20.2 Å². The molecule has 0 spiro atoms. The van der Waals surface area contributed by atoms with E-state index in [0.29, 0.717) is 35.8 Å². The fourth-order valence-electron chi connectivity index (χ4n) is 3.29. The summed E-state index contributed by atoms with van der Waals surface area (Å²) in [5.74, 6) is -0.799. The standard InChI is InChI=1S/C20H25ClN4O5S2/c1-24(2)32(29,30)25-13-3-4-15(14-25)20(26)22-17-9-11-19(12-10-17)31(27,28)23-18-7-5-16(21)6-8-18/h5-12,15,23H,3-4,13-14H2,1-2H3,(H,22,26)/t15-/m0/s1. The molecule has 2 aromatic carbocycles. The molecule has 1 aliphatic heterocycles. The van der Waals surface area contributed by atoms with Crippen molar-refractivity contribution in [1.82, 2.24) is 8.61 Å². The van der Waals surface area contributed by atoms with Gasteiger partial charge in [0.1, 0.15) is 0 Å². The van der Waals surface area contributed by atoms with Crippen molar-refractivity contribution in [2.45, 2.75) is 17.7 Å². The number of rotatable bonds is 7. The van der Waals surface area contributed by atoms with Crippen molar-refractivity contribution in [2.75, 3.05) is 37.2 Å². The summed E-state index contributed by atoms with van der Waals surface area (Å²) in [6, 6.07) is 12.0. The van der Waals surface area contributed by atoms with Gasteiger partial charge in [-0.25, -0.2) is 8.42 Å². The molecule has 0 aromatic heterocycles. The van der Waals surface area contributed by atoms with Crippen LogP contribution >= 0.6 is 11.6 Å². The summed E-state index contributed by atoms with van der Waals surface area (Å²) in [4.78, 5) is 12.7. The molecule has 1 amide bonds. The molecule has 0 unspecified atom stereocenters. The van der Waals surface area contributed by atoms with Gasteiger partial charge in [0, 0.05) is 43.6 Å². The Labute approximate surface area is 193 Å². The average Bonchev–Trinajstić information content (AvgIpc) is 2.75. The smallest absolute Gasteiger partial charge is 0.281 e. The summed E-state index contributed by atoms with van der Waals surface area (Å²) in [7, 11) is -4.48. The van der Waals surface area contributed by atoms with Gasteiger partial charge in [-0.3, -0.25) is 9.52 Å². The van der Waals surface area contributed by atoms with Crippen molar-refractivity contribution in [3.05, 3.63) is 53.6 Å². The van der Waals surface area contributed by atoms with E-state index in [2.05, 4.69) is 10.0 Å². The Kier molecular flexibility index (Phi) is 7.46. The molecule has 1 saturated heterocycles. The molecule has 2 aromatic rings. The summed E-state index contributed by atoms with van der Waals surface area (Å²) in [6.45, 7) is 0.474. The highest BCUT2D eigenvalue weighted by molar-refractivity contribution is 7.92. The normalized spacial score (nSPS) is 17.8. The average molecular weight is 501 g/mol. The predicted octanol–water partition coefficient (Wildman–Crippen LogP) is 2.60. The third-order valence-electron chi connectivity index (χ3n) is 5.07. The maximum Gasteiger partial charge on any atom is 0.281 e. The van der Waals surface area contributed by atoms with Crippen molar-refractivity contribution < 1.29 is 21.6 Å². The van der Waals surface area contributed by atoms with Crippen LogP contribution in [0.1, 0.15) is 12.8 Å². The van der Waals surface area contributed by atoms with Crippen LogP contribution in [-0.4, -0.2) is 58.5 Å². The Hall–Kier alpha value is -2.18. The van der Waals surface area contributed by atoms with E-state index < -0.39 is 26.2 Å². The molecule has 0 radical (unpaired) electrons. The van der Waals surface area contributed by atoms with Gasteiger partial charge < -0.3 is 5.32 Å². The third-order valence-corrected chi connectivity index (χ3v) is 8.63. The molecular weight excluding hydrogens is 476 g/mol. The quantitative estimate of drug-likeness (QED) is 0.606. The van der Waals surface area contributed by atoms with E-state index in [1.54, 1.807) is 24.3 Å². The molecule has 32 heavy (non-hydrogen) atoms. The van der Waals surface area contributed by atoms with E-state index >= 15 is 0 Å². The number of hydrogen-bond donors (Lipinski definition) is 2. The lowest BCUT2D eigenvalue weighted by molar-refractivity contribution is -0.120. The van der Waals surface area contributed by atoms with Crippen LogP contribution in [0.25, 0.3) is 0 Å². The predicted molar refractivity (Wildman–Crippen MR) is 124 cm³/mol. The number of anilines is 2. The molecule has 3 rings (SSSR count). The number of sulfonamides is 1. The lowest BCUT2D eigenvalue weighted by Gasteiger charge is -2.32. The van der Waals surface area contributed by atoms with E-state index in [1.807, 2.05) is 0 Å². The van der Waals surface area contributed by atoms with Crippen LogP contribution in [0, 0.1) is 5.92 Å². The number of halogens is 1. The molecular formula is C20H25ClN4O5S2. The van der Waals surface area contributed by atoms with Crippen molar-refractivity contribution in [1.29, 1.82) is 0 Å². The first kappa shape index (κ1) is 24.5. The number of nitrogens with one attached hydrogen (secondary N) is 2. The fourth-order valence-corrected chi connectivity index (χ4v) is 5.67. The minimum Gasteiger partial charge on any atom is -0.326 e. The van der Waals surface area contributed by atoms with Crippen molar-refractivity contribution in [3.8, 4) is 0 Å². The molecule has 2 N–H and O–H groups in total. The van der Waals surface area contributed by atoms with Crippen LogP contribution in [0.2, 0.25) is 5.02 Å². The van der Waals surface area contributed by atoms with Gasteiger partial charge in [-0.1, -0.05) is 11.6 Å². The van der Waals surface area contributed by atoms with Crippen LogP contribution in [-0.2, 0) is 25.0 Å².